The maximum absolute atomic E-state index is 12.7. The Labute approximate surface area is 140 Å². The standard InChI is InChI=1S/C16H13F3N2O2S/c17-16(18,19)12-2-1-3-14(10-12)24-21-13-7-4-11(5-8-13)6-9-15(22)20-23/h1-10,21,23H,(H,20,22)/b9-6+. The second-order valence-corrected chi connectivity index (χ2v) is 5.54. The van der Waals surface area contributed by atoms with E-state index in [2.05, 4.69) is 4.72 Å². The number of carbonyl (C=O) groups is 1. The summed E-state index contributed by atoms with van der Waals surface area (Å²) in [5, 5.41) is 8.37. The number of nitrogens with one attached hydrogen (secondary N) is 2. The molecule has 0 fully saturated rings. The third kappa shape index (κ3) is 5.32. The minimum atomic E-state index is -4.37. The van der Waals surface area contributed by atoms with Gasteiger partial charge in [-0.25, -0.2) is 5.48 Å². The molecule has 2 aromatic rings. The fourth-order valence-electron chi connectivity index (χ4n) is 1.73. The smallest absolute Gasteiger partial charge is 0.326 e. The Morgan fingerprint density at radius 1 is 1.12 bits per heavy atom. The first-order valence-corrected chi connectivity index (χ1v) is 7.52. The van der Waals surface area contributed by atoms with Gasteiger partial charge in [-0.05, 0) is 53.9 Å². The average Bonchev–Trinajstić information content (AvgIpc) is 2.58. The van der Waals surface area contributed by atoms with Crippen LogP contribution in [0.15, 0.2) is 59.5 Å². The first kappa shape index (κ1) is 17.9. The van der Waals surface area contributed by atoms with E-state index in [0.29, 0.717) is 10.6 Å². The molecule has 2 rings (SSSR count). The van der Waals surface area contributed by atoms with E-state index >= 15 is 0 Å². The highest BCUT2D eigenvalue weighted by molar-refractivity contribution is 8.00. The highest BCUT2D eigenvalue weighted by Crippen LogP contribution is 2.32. The molecular formula is C16H13F3N2O2S. The van der Waals surface area contributed by atoms with E-state index < -0.39 is 17.6 Å². The van der Waals surface area contributed by atoms with Gasteiger partial charge in [0.25, 0.3) is 5.91 Å². The number of alkyl halides is 3. The molecule has 8 heteroatoms. The Kier molecular flexibility index (Phi) is 5.88. The number of hydrogen-bond donors (Lipinski definition) is 3. The predicted octanol–water partition coefficient (Wildman–Crippen LogP) is 4.34. The van der Waals surface area contributed by atoms with Crippen LogP contribution in [0.2, 0.25) is 0 Å². The van der Waals surface area contributed by atoms with Gasteiger partial charge >= 0.3 is 6.18 Å². The summed E-state index contributed by atoms with van der Waals surface area (Å²) < 4.78 is 40.9. The van der Waals surface area contributed by atoms with Crippen molar-refractivity contribution >= 4 is 29.6 Å². The number of hydrogen-bond acceptors (Lipinski definition) is 4. The van der Waals surface area contributed by atoms with Gasteiger partial charge in [0.1, 0.15) is 0 Å². The lowest BCUT2D eigenvalue weighted by atomic mass is 10.2. The molecule has 0 aliphatic heterocycles. The van der Waals surface area contributed by atoms with Crippen LogP contribution < -0.4 is 10.2 Å². The molecule has 0 atom stereocenters. The zero-order valence-electron chi connectivity index (χ0n) is 12.2. The fraction of sp³-hybridized carbons (Fsp3) is 0.0625. The molecule has 0 aliphatic rings. The van der Waals surface area contributed by atoms with E-state index in [1.165, 1.54) is 23.7 Å². The number of carbonyl (C=O) groups excluding carboxylic acids is 1. The topological polar surface area (TPSA) is 61.4 Å². The monoisotopic (exact) mass is 354 g/mol. The highest BCUT2D eigenvalue weighted by Gasteiger charge is 2.30. The summed E-state index contributed by atoms with van der Waals surface area (Å²) in [6.07, 6.45) is -1.69. The zero-order chi connectivity index (χ0) is 17.6. The lowest BCUT2D eigenvalue weighted by Crippen LogP contribution is -2.14. The molecule has 0 aliphatic carbocycles. The summed E-state index contributed by atoms with van der Waals surface area (Å²) >= 11 is 1.07. The molecule has 0 aromatic heterocycles. The summed E-state index contributed by atoms with van der Waals surface area (Å²) in [6.45, 7) is 0. The first-order chi connectivity index (χ1) is 11.4. The summed E-state index contributed by atoms with van der Waals surface area (Å²) in [5.41, 5.74) is 2.21. The SMILES string of the molecule is O=C(/C=C/c1ccc(NSc2cccc(C(F)(F)F)c2)cc1)NO. The van der Waals surface area contributed by atoms with Crippen molar-refractivity contribution in [1.29, 1.82) is 0 Å². The molecule has 2 aromatic carbocycles. The summed E-state index contributed by atoms with van der Waals surface area (Å²) in [4.78, 5) is 11.3. The molecule has 0 saturated carbocycles. The maximum atomic E-state index is 12.7. The van der Waals surface area contributed by atoms with E-state index in [9.17, 15) is 18.0 Å². The van der Waals surface area contributed by atoms with Crippen molar-refractivity contribution in [1.82, 2.24) is 5.48 Å². The molecule has 4 nitrogen and oxygen atoms in total. The number of halogens is 3. The van der Waals surface area contributed by atoms with Crippen LogP contribution in [0.3, 0.4) is 0 Å². The largest absolute Gasteiger partial charge is 0.416 e. The molecule has 24 heavy (non-hydrogen) atoms. The molecule has 0 saturated heterocycles. The van der Waals surface area contributed by atoms with Gasteiger partial charge in [-0.1, -0.05) is 18.2 Å². The van der Waals surface area contributed by atoms with Gasteiger partial charge in [-0.2, -0.15) is 13.2 Å². The molecule has 0 spiro atoms. The number of hydroxylamine groups is 1. The predicted molar refractivity (Wildman–Crippen MR) is 86.3 cm³/mol. The van der Waals surface area contributed by atoms with Gasteiger partial charge in [0, 0.05) is 16.7 Å². The van der Waals surface area contributed by atoms with Crippen molar-refractivity contribution in [3.63, 3.8) is 0 Å². The maximum Gasteiger partial charge on any atom is 0.416 e. The zero-order valence-corrected chi connectivity index (χ0v) is 13.0. The van der Waals surface area contributed by atoms with Crippen molar-refractivity contribution in [3.05, 3.63) is 65.7 Å². The highest BCUT2D eigenvalue weighted by atomic mass is 32.2. The molecule has 126 valence electrons. The Balaban J connectivity index is 1.98. The summed E-state index contributed by atoms with van der Waals surface area (Å²) in [7, 11) is 0. The van der Waals surface area contributed by atoms with Crippen LogP contribution in [-0.2, 0) is 11.0 Å². The van der Waals surface area contributed by atoms with Gasteiger partial charge in [-0.3, -0.25) is 10.0 Å². The van der Waals surface area contributed by atoms with Crippen molar-refractivity contribution in [3.8, 4) is 0 Å². The quantitative estimate of drug-likeness (QED) is 0.323. The molecule has 0 heterocycles. The van der Waals surface area contributed by atoms with Gasteiger partial charge in [-0.15, -0.1) is 0 Å². The molecule has 0 radical (unpaired) electrons. The van der Waals surface area contributed by atoms with Gasteiger partial charge in [0.05, 0.1) is 5.56 Å². The summed E-state index contributed by atoms with van der Waals surface area (Å²) in [5.74, 6) is -0.641. The molecule has 3 N–H and O–H groups in total. The van der Waals surface area contributed by atoms with Crippen LogP contribution in [-0.4, -0.2) is 11.1 Å². The van der Waals surface area contributed by atoms with E-state index in [0.717, 1.165) is 29.6 Å². The van der Waals surface area contributed by atoms with Crippen LogP contribution in [0.4, 0.5) is 18.9 Å². The minimum absolute atomic E-state index is 0.438. The number of benzene rings is 2. The second-order valence-electron chi connectivity index (χ2n) is 4.66. The van der Waals surface area contributed by atoms with Crippen molar-refractivity contribution in [2.45, 2.75) is 11.1 Å². The van der Waals surface area contributed by atoms with Crippen LogP contribution in [0.5, 0.6) is 0 Å². The lowest BCUT2D eigenvalue weighted by molar-refractivity contribution is -0.137. The number of rotatable bonds is 5. The third-order valence-corrected chi connectivity index (χ3v) is 3.72. The van der Waals surface area contributed by atoms with Crippen molar-refractivity contribution in [2.75, 3.05) is 4.72 Å². The van der Waals surface area contributed by atoms with Crippen molar-refractivity contribution < 1.29 is 23.2 Å². The molecule has 0 unspecified atom stereocenters. The van der Waals surface area contributed by atoms with E-state index in [1.54, 1.807) is 30.3 Å². The first-order valence-electron chi connectivity index (χ1n) is 6.71. The van der Waals surface area contributed by atoms with Crippen LogP contribution >= 0.6 is 11.9 Å². The molecule has 1 amide bonds. The molecule has 0 bridgehead atoms. The van der Waals surface area contributed by atoms with E-state index in [-0.39, 0.29) is 0 Å². The Bertz CT molecular complexity index is 731. The van der Waals surface area contributed by atoms with Gasteiger partial charge in [0.15, 0.2) is 0 Å². The van der Waals surface area contributed by atoms with Crippen LogP contribution in [0.25, 0.3) is 6.08 Å². The average molecular weight is 354 g/mol. The van der Waals surface area contributed by atoms with Gasteiger partial charge in [0.2, 0.25) is 0 Å². The Morgan fingerprint density at radius 2 is 1.83 bits per heavy atom. The minimum Gasteiger partial charge on any atom is -0.326 e. The Morgan fingerprint density at radius 3 is 2.46 bits per heavy atom. The van der Waals surface area contributed by atoms with E-state index in [1.807, 2.05) is 0 Å². The number of anilines is 1. The fourth-order valence-corrected chi connectivity index (χ4v) is 2.43. The van der Waals surface area contributed by atoms with Crippen LogP contribution in [0, 0.1) is 0 Å². The lowest BCUT2D eigenvalue weighted by Gasteiger charge is -2.09. The van der Waals surface area contributed by atoms with Crippen LogP contribution in [0.1, 0.15) is 11.1 Å². The second kappa shape index (κ2) is 7.89. The molecular weight excluding hydrogens is 341 g/mol. The van der Waals surface area contributed by atoms with E-state index in [4.69, 9.17) is 5.21 Å². The third-order valence-electron chi connectivity index (χ3n) is 2.90. The normalized spacial score (nSPS) is 11.5. The van der Waals surface area contributed by atoms with Crippen molar-refractivity contribution in [2.24, 2.45) is 0 Å². The summed E-state index contributed by atoms with van der Waals surface area (Å²) in [6, 6.07) is 11.9. The number of amides is 1. The van der Waals surface area contributed by atoms with Gasteiger partial charge < -0.3 is 4.72 Å². The Hall–Kier alpha value is -2.45.